The number of hydrogen-bond donors (Lipinski definition) is 3. The summed E-state index contributed by atoms with van der Waals surface area (Å²) in [5, 5.41) is 4.84. The number of carbonyl (C=O) groups is 3. The highest BCUT2D eigenvalue weighted by Gasteiger charge is 2.42. The quantitative estimate of drug-likeness (QED) is 0.431. The molecule has 0 aliphatic carbocycles. The minimum atomic E-state index is -4.70. The van der Waals surface area contributed by atoms with E-state index >= 15 is 0 Å². The Labute approximate surface area is 209 Å². The van der Waals surface area contributed by atoms with Gasteiger partial charge in [0.2, 0.25) is 23.9 Å². The predicted molar refractivity (Wildman–Crippen MR) is 126 cm³/mol. The number of alkyl halides is 5. The maximum atomic E-state index is 14.0. The molecule has 3 rings (SSSR count). The van der Waals surface area contributed by atoms with Crippen LogP contribution in [0, 0.1) is 11.8 Å². The summed E-state index contributed by atoms with van der Waals surface area (Å²) in [6.45, 7) is 0.468. The molecule has 2 aromatic rings. The number of aliphatic imine (C=N–C) groups is 1. The lowest BCUT2D eigenvalue weighted by Crippen LogP contribution is -2.49. The summed E-state index contributed by atoms with van der Waals surface area (Å²) in [5.41, 5.74) is 7.02. The minimum Gasteiger partial charge on any atom is -0.369 e. The van der Waals surface area contributed by atoms with Crippen LogP contribution >= 0.6 is 0 Å². The zero-order valence-electron chi connectivity index (χ0n) is 19.7. The molecular weight excluding hydrogens is 499 g/mol. The molecule has 4 N–H and O–H groups in total. The highest BCUT2D eigenvalue weighted by molar-refractivity contribution is 6.19. The van der Waals surface area contributed by atoms with E-state index in [2.05, 4.69) is 15.6 Å². The molecule has 3 amide bonds. The van der Waals surface area contributed by atoms with Gasteiger partial charge in [0.05, 0.1) is 17.3 Å². The van der Waals surface area contributed by atoms with Gasteiger partial charge in [-0.1, -0.05) is 48.5 Å². The first-order chi connectivity index (χ1) is 17.2. The van der Waals surface area contributed by atoms with E-state index in [0.717, 1.165) is 0 Å². The van der Waals surface area contributed by atoms with Crippen molar-refractivity contribution in [2.24, 2.45) is 22.6 Å². The van der Waals surface area contributed by atoms with Gasteiger partial charge in [-0.3, -0.25) is 14.4 Å². The van der Waals surface area contributed by atoms with Crippen LogP contribution in [0.3, 0.4) is 0 Å². The molecule has 1 unspecified atom stereocenters. The van der Waals surface area contributed by atoms with Crippen molar-refractivity contribution < 1.29 is 36.3 Å². The number of hydrogen-bond acceptors (Lipinski definition) is 4. The van der Waals surface area contributed by atoms with E-state index in [1.54, 1.807) is 54.6 Å². The lowest BCUT2D eigenvalue weighted by atomic mass is 9.83. The number of nitrogens with zero attached hydrogens (tertiary/aromatic N) is 1. The SMILES string of the molecule is CC(F)(F)CC(C(=O)N[C@H]1N=C(c2ccccc2)c2ccccc2NC1=O)[C@H](CCC(F)(F)F)C(N)=O. The van der Waals surface area contributed by atoms with Crippen LogP contribution in [0.4, 0.5) is 27.6 Å². The smallest absolute Gasteiger partial charge is 0.369 e. The Morgan fingerprint density at radius 1 is 1.03 bits per heavy atom. The third-order valence-electron chi connectivity index (χ3n) is 5.78. The van der Waals surface area contributed by atoms with Gasteiger partial charge in [-0.2, -0.15) is 13.2 Å². The number of rotatable bonds is 9. The van der Waals surface area contributed by atoms with Gasteiger partial charge in [-0.15, -0.1) is 0 Å². The van der Waals surface area contributed by atoms with E-state index < -0.39 is 67.1 Å². The number of carbonyl (C=O) groups excluding carboxylic acids is 3. The average Bonchev–Trinajstić information content (AvgIpc) is 2.93. The Morgan fingerprint density at radius 3 is 2.24 bits per heavy atom. The van der Waals surface area contributed by atoms with Gasteiger partial charge in [-0.05, 0) is 19.4 Å². The summed E-state index contributed by atoms with van der Waals surface area (Å²) in [6, 6.07) is 15.3. The van der Waals surface area contributed by atoms with Crippen LogP contribution in [-0.2, 0) is 14.4 Å². The van der Waals surface area contributed by atoms with E-state index in [9.17, 15) is 36.3 Å². The largest absolute Gasteiger partial charge is 0.389 e. The molecule has 0 bridgehead atoms. The van der Waals surface area contributed by atoms with Crippen LogP contribution in [-0.4, -0.2) is 41.7 Å². The van der Waals surface area contributed by atoms with Crippen LogP contribution in [0.15, 0.2) is 59.6 Å². The van der Waals surface area contributed by atoms with Crippen LogP contribution in [0.5, 0.6) is 0 Å². The zero-order chi connectivity index (χ0) is 27.4. The van der Waals surface area contributed by atoms with Crippen molar-refractivity contribution in [2.75, 3.05) is 5.32 Å². The lowest BCUT2D eigenvalue weighted by molar-refractivity contribution is -0.148. The topological polar surface area (TPSA) is 114 Å². The molecular formula is C25H25F5N4O3. The van der Waals surface area contributed by atoms with Gasteiger partial charge < -0.3 is 16.4 Å². The standard InChI is InChI=1S/C25H25F5N4O3/c1-24(26,27)13-17(15(20(31)35)11-12-25(28,29)30)22(36)34-21-23(37)32-18-10-6-5-9-16(18)19(33-21)14-7-3-2-4-8-14/h2-10,15,17,21H,11-13H2,1H3,(H2,31,35)(H,32,37)(H,34,36)/t15-,17?,21+/m0/s1. The number of benzodiazepines with no additional fused rings is 1. The molecule has 37 heavy (non-hydrogen) atoms. The van der Waals surface area contributed by atoms with Crippen LogP contribution in [0.1, 0.15) is 37.3 Å². The first kappa shape index (κ1) is 27.8. The van der Waals surface area contributed by atoms with Gasteiger partial charge in [0.15, 0.2) is 0 Å². The monoisotopic (exact) mass is 524 g/mol. The highest BCUT2D eigenvalue weighted by Crippen LogP contribution is 2.33. The second kappa shape index (κ2) is 11.1. The van der Waals surface area contributed by atoms with Gasteiger partial charge in [-0.25, -0.2) is 13.8 Å². The fourth-order valence-electron chi connectivity index (χ4n) is 4.09. The number of nitrogens with two attached hydrogens (primary N) is 1. The van der Waals surface area contributed by atoms with Crippen LogP contribution in [0.25, 0.3) is 0 Å². The maximum absolute atomic E-state index is 14.0. The normalized spacial score (nSPS) is 17.5. The summed E-state index contributed by atoms with van der Waals surface area (Å²) < 4.78 is 66.3. The van der Waals surface area contributed by atoms with Gasteiger partial charge >= 0.3 is 6.18 Å². The van der Waals surface area contributed by atoms with Crippen molar-refractivity contribution in [1.29, 1.82) is 0 Å². The van der Waals surface area contributed by atoms with Crippen molar-refractivity contribution >= 4 is 29.1 Å². The Morgan fingerprint density at radius 2 is 1.65 bits per heavy atom. The molecule has 1 heterocycles. The molecule has 0 saturated carbocycles. The Balaban J connectivity index is 1.98. The maximum Gasteiger partial charge on any atom is 0.389 e. The van der Waals surface area contributed by atoms with E-state index in [4.69, 9.17) is 5.73 Å². The van der Waals surface area contributed by atoms with E-state index in [1.165, 1.54) is 0 Å². The molecule has 0 saturated heterocycles. The summed E-state index contributed by atoms with van der Waals surface area (Å²) in [4.78, 5) is 42.4. The number of halogens is 5. The second-order valence-electron chi connectivity index (χ2n) is 8.83. The average molecular weight is 524 g/mol. The van der Waals surface area contributed by atoms with Crippen molar-refractivity contribution in [2.45, 2.75) is 44.5 Å². The molecule has 0 radical (unpaired) electrons. The zero-order valence-corrected chi connectivity index (χ0v) is 19.7. The van der Waals surface area contributed by atoms with E-state index in [0.29, 0.717) is 29.4 Å². The molecule has 1 aliphatic rings. The Bertz CT molecular complexity index is 1180. The van der Waals surface area contributed by atoms with Crippen LogP contribution in [0.2, 0.25) is 0 Å². The fourth-order valence-corrected chi connectivity index (χ4v) is 4.09. The second-order valence-corrected chi connectivity index (χ2v) is 8.83. The summed E-state index contributed by atoms with van der Waals surface area (Å²) >= 11 is 0. The number of nitrogens with one attached hydrogen (secondary N) is 2. The molecule has 2 aromatic carbocycles. The van der Waals surface area contributed by atoms with E-state index in [-0.39, 0.29) is 0 Å². The molecule has 198 valence electrons. The summed E-state index contributed by atoms with van der Waals surface area (Å²) in [6.07, 6.45) is -10.1. The van der Waals surface area contributed by atoms with Gasteiger partial charge in [0.25, 0.3) is 5.91 Å². The van der Waals surface area contributed by atoms with Crippen molar-refractivity contribution in [3.05, 3.63) is 65.7 Å². The van der Waals surface area contributed by atoms with Crippen molar-refractivity contribution in [1.82, 2.24) is 5.32 Å². The summed E-state index contributed by atoms with van der Waals surface area (Å²) in [7, 11) is 0. The molecule has 3 atom stereocenters. The third kappa shape index (κ3) is 7.58. The molecule has 1 aliphatic heterocycles. The Kier molecular flexibility index (Phi) is 8.29. The number of fused-ring (bicyclic) bond motifs is 1. The number of para-hydroxylation sites is 1. The third-order valence-corrected chi connectivity index (χ3v) is 5.78. The molecule has 7 nitrogen and oxygen atoms in total. The number of amides is 3. The first-order valence-corrected chi connectivity index (χ1v) is 11.3. The highest BCUT2D eigenvalue weighted by atomic mass is 19.4. The molecule has 12 heteroatoms. The van der Waals surface area contributed by atoms with Crippen LogP contribution < -0.4 is 16.4 Å². The van der Waals surface area contributed by atoms with Crippen molar-refractivity contribution in [3.8, 4) is 0 Å². The lowest BCUT2D eigenvalue weighted by Gasteiger charge is -2.27. The number of anilines is 1. The Hall–Kier alpha value is -3.83. The number of benzene rings is 2. The fraction of sp³-hybridized carbons (Fsp3) is 0.360. The molecule has 0 aromatic heterocycles. The van der Waals surface area contributed by atoms with Gasteiger partial charge in [0, 0.05) is 29.9 Å². The van der Waals surface area contributed by atoms with Gasteiger partial charge in [0.1, 0.15) is 0 Å². The predicted octanol–water partition coefficient (Wildman–Crippen LogP) is 4.02. The summed E-state index contributed by atoms with van der Waals surface area (Å²) in [5.74, 6) is -10.7. The number of primary amides is 1. The molecule has 0 fully saturated rings. The first-order valence-electron chi connectivity index (χ1n) is 11.3. The van der Waals surface area contributed by atoms with E-state index in [1.807, 2.05) is 0 Å². The molecule has 0 spiro atoms. The van der Waals surface area contributed by atoms with Crippen molar-refractivity contribution in [3.63, 3.8) is 0 Å². The minimum absolute atomic E-state index is 0.306.